The fourth-order valence-electron chi connectivity index (χ4n) is 3.86. The number of hydrogen-bond acceptors (Lipinski definition) is 6. The molecule has 0 spiro atoms. The molecule has 8 heteroatoms. The number of carbonyl (C=O) groups excluding carboxylic acids is 2. The van der Waals surface area contributed by atoms with Gasteiger partial charge in [-0.25, -0.2) is 0 Å². The molecule has 2 aromatic rings. The molecule has 0 saturated carbocycles. The first-order valence-corrected chi connectivity index (χ1v) is 10.2. The lowest BCUT2D eigenvalue weighted by atomic mass is 10.0. The Morgan fingerprint density at radius 1 is 0.968 bits per heavy atom. The Balaban J connectivity index is 1.45. The Morgan fingerprint density at radius 2 is 1.55 bits per heavy atom. The van der Waals surface area contributed by atoms with E-state index < -0.39 is 36.4 Å². The van der Waals surface area contributed by atoms with Crippen LogP contribution in [-0.4, -0.2) is 59.9 Å². The largest absolute Gasteiger partial charge is 0.388 e. The van der Waals surface area contributed by atoms with Gasteiger partial charge in [0.15, 0.2) is 12.1 Å². The van der Waals surface area contributed by atoms with Crippen molar-refractivity contribution in [3.8, 4) is 0 Å². The predicted octanol–water partition coefficient (Wildman–Crippen LogP) is 1.45. The molecule has 2 amide bonds. The molecular weight excluding hydrogens is 400 g/mol. The van der Waals surface area contributed by atoms with Gasteiger partial charge >= 0.3 is 0 Å². The minimum atomic E-state index is -1.09. The third-order valence-corrected chi connectivity index (χ3v) is 5.31. The lowest BCUT2D eigenvalue weighted by Gasteiger charge is -2.29. The number of hydrogen-bond donors (Lipinski definition) is 3. The topological polar surface area (TPSA) is 106 Å². The Kier molecular flexibility index (Phi) is 6.06. The van der Waals surface area contributed by atoms with Crippen molar-refractivity contribution in [2.45, 2.75) is 50.3 Å². The van der Waals surface area contributed by atoms with Crippen LogP contribution in [0, 0.1) is 0 Å². The van der Waals surface area contributed by atoms with Gasteiger partial charge in [0.1, 0.15) is 12.2 Å². The molecule has 3 N–H and O–H groups in total. The fraction of sp³-hybridized carbons (Fsp3) is 0.391. The van der Waals surface area contributed by atoms with Gasteiger partial charge in [-0.05, 0) is 38.1 Å². The fourth-order valence-corrected chi connectivity index (χ4v) is 3.86. The van der Waals surface area contributed by atoms with E-state index in [9.17, 15) is 14.7 Å². The summed E-state index contributed by atoms with van der Waals surface area (Å²) in [6.45, 7) is 3.46. The van der Waals surface area contributed by atoms with Crippen LogP contribution in [0.2, 0.25) is 0 Å². The Morgan fingerprint density at radius 3 is 2.16 bits per heavy atom. The van der Waals surface area contributed by atoms with Crippen molar-refractivity contribution < 1.29 is 28.9 Å². The van der Waals surface area contributed by atoms with Gasteiger partial charge in [-0.2, -0.15) is 0 Å². The number of aliphatic hydroxyl groups excluding tert-OH is 1. The lowest BCUT2D eigenvalue weighted by molar-refractivity contribution is -0.216. The van der Waals surface area contributed by atoms with Crippen LogP contribution in [0.15, 0.2) is 60.7 Å². The second-order valence-electron chi connectivity index (χ2n) is 8.08. The van der Waals surface area contributed by atoms with Crippen LogP contribution in [0.3, 0.4) is 0 Å². The van der Waals surface area contributed by atoms with Crippen molar-refractivity contribution in [1.29, 1.82) is 0 Å². The molecule has 0 radical (unpaired) electrons. The van der Waals surface area contributed by atoms with E-state index >= 15 is 0 Å². The molecule has 2 aliphatic heterocycles. The molecule has 0 bridgehead atoms. The van der Waals surface area contributed by atoms with Gasteiger partial charge in [0, 0.05) is 17.7 Å². The summed E-state index contributed by atoms with van der Waals surface area (Å²) in [4.78, 5) is 25.1. The van der Waals surface area contributed by atoms with Gasteiger partial charge in [0.25, 0.3) is 11.8 Å². The zero-order chi connectivity index (χ0) is 22.0. The molecule has 0 aromatic heterocycles. The van der Waals surface area contributed by atoms with E-state index in [0.29, 0.717) is 11.1 Å². The summed E-state index contributed by atoms with van der Waals surface area (Å²) < 4.78 is 17.6. The van der Waals surface area contributed by atoms with E-state index in [4.69, 9.17) is 14.2 Å². The third-order valence-electron chi connectivity index (χ3n) is 5.31. The first-order valence-electron chi connectivity index (χ1n) is 10.2. The number of carbonyl (C=O) groups is 2. The van der Waals surface area contributed by atoms with E-state index in [-0.39, 0.29) is 18.4 Å². The van der Waals surface area contributed by atoms with Gasteiger partial charge in [-0.1, -0.05) is 36.4 Å². The summed E-state index contributed by atoms with van der Waals surface area (Å²) in [5.74, 6) is -1.49. The zero-order valence-electron chi connectivity index (χ0n) is 17.4. The van der Waals surface area contributed by atoms with E-state index in [1.54, 1.807) is 62.4 Å². The lowest BCUT2D eigenvalue weighted by Crippen LogP contribution is -2.54. The average molecular weight is 426 g/mol. The van der Waals surface area contributed by atoms with Gasteiger partial charge in [0.05, 0.1) is 12.1 Å². The highest BCUT2D eigenvalue weighted by Gasteiger charge is 2.56. The highest BCUT2D eigenvalue weighted by molar-refractivity contribution is 5.94. The molecule has 0 unspecified atom stereocenters. The maximum Gasteiger partial charge on any atom is 0.251 e. The summed E-state index contributed by atoms with van der Waals surface area (Å²) in [6.07, 6.45) is -3.24. The van der Waals surface area contributed by atoms with E-state index in [2.05, 4.69) is 10.6 Å². The highest BCUT2D eigenvalue weighted by atomic mass is 16.8. The van der Waals surface area contributed by atoms with Crippen LogP contribution < -0.4 is 10.6 Å². The molecule has 2 heterocycles. The van der Waals surface area contributed by atoms with Crippen LogP contribution in [-0.2, 0) is 14.2 Å². The van der Waals surface area contributed by atoms with Gasteiger partial charge in [0.2, 0.25) is 0 Å². The van der Waals surface area contributed by atoms with Crippen LogP contribution in [0.5, 0.6) is 0 Å². The van der Waals surface area contributed by atoms with E-state index in [0.717, 1.165) is 0 Å². The van der Waals surface area contributed by atoms with Crippen molar-refractivity contribution in [1.82, 2.24) is 10.6 Å². The van der Waals surface area contributed by atoms with E-state index in [1.807, 2.05) is 12.1 Å². The Hall–Kier alpha value is -2.78. The molecule has 0 aliphatic carbocycles. The highest BCUT2D eigenvalue weighted by Crippen LogP contribution is 2.38. The molecule has 164 valence electrons. The number of amides is 2. The van der Waals surface area contributed by atoms with Crippen LogP contribution >= 0.6 is 0 Å². The minimum absolute atomic E-state index is 0.0566. The molecule has 2 aromatic carbocycles. The SMILES string of the molecule is CC1(C)O[C@@H]2O[C@H]([C@@H](O)CNC(=O)c3ccccc3)[C@@H](NC(=O)c3ccccc3)[C@@H]2O1. The van der Waals surface area contributed by atoms with Crippen molar-refractivity contribution in [2.75, 3.05) is 6.54 Å². The van der Waals surface area contributed by atoms with Gasteiger partial charge in [-0.15, -0.1) is 0 Å². The quantitative estimate of drug-likeness (QED) is 0.646. The normalized spacial score (nSPS) is 27.3. The van der Waals surface area contributed by atoms with Crippen LogP contribution in [0.4, 0.5) is 0 Å². The average Bonchev–Trinajstić information content (AvgIpc) is 3.25. The molecule has 2 aliphatic rings. The minimum Gasteiger partial charge on any atom is -0.388 e. The second-order valence-corrected chi connectivity index (χ2v) is 8.08. The predicted molar refractivity (Wildman–Crippen MR) is 111 cm³/mol. The van der Waals surface area contributed by atoms with Crippen molar-refractivity contribution in [2.24, 2.45) is 0 Å². The molecule has 4 rings (SSSR count). The van der Waals surface area contributed by atoms with Gasteiger partial charge in [-0.3, -0.25) is 9.59 Å². The summed E-state index contributed by atoms with van der Waals surface area (Å²) in [6, 6.07) is 16.8. The molecule has 8 nitrogen and oxygen atoms in total. The third kappa shape index (κ3) is 4.77. The first kappa shape index (κ1) is 21.5. The summed E-state index contributed by atoms with van der Waals surface area (Å²) in [7, 11) is 0. The maximum atomic E-state index is 12.8. The Bertz CT molecular complexity index is 920. The number of ether oxygens (including phenoxy) is 3. The summed E-state index contributed by atoms with van der Waals surface area (Å²) in [5, 5.41) is 16.4. The monoisotopic (exact) mass is 426 g/mol. The standard InChI is InChI=1S/C23H26N2O6/c1-23(2)30-19-17(25-21(28)15-11-7-4-8-12-15)18(29-22(19)31-23)16(26)13-24-20(27)14-9-5-3-6-10-14/h3-12,16-19,22,26H,13H2,1-2H3,(H,24,27)(H,25,28)/t16-,17+,18+,19-,22-/m0/s1. The number of nitrogens with one attached hydrogen (secondary N) is 2. The number of benzene rings is 2. The van der Waals surface area contributed by atoms with Crippen molar-refractivity contribution in [3.63, 3.8) is 0 Å². The molecule has 2 saturated heterocycles. The van der Waals surface area contributed by atoms with E-state index in [1.165, 1.54) is 0 Å². The van der Waals surface area contributed by atoms with Crippen molar-refractivity contribution >= 4 is 11.8 Å². The van der Waals surface area contributed by atoms with Crippen LogP contribution in [0.25, 0.3) is 0 Å². The Labute approximate surface area is 180 Å². The molecule has 2 fully saturated rings. The van der Waals surface area contributed by atoms with Gasteiger partial charge < -0.3 is 30.0 Å². The molecule has 31 heavy (non-hydrogen) atoms. The first-order chi connectivity index (χ1) is 14.8. The zero-order valence-corrected chi connectivity index (χ0v) is 17.4. The molecular formula is C23H26N2O6. The number of rotatable bonds is 6. The maximum absolute atomic E-state index is 12.8. The smallest absolute Gasteiger partial charge is 0.251 e. The van der Waals surface area contributed by atoms with Crippen LogP contribution in [0.1, 0.15) is 34.6 Å². The summed E-state index contributed by atoms with van der Waals surface area (Å²) in [5.41, 5.74) is 0.969. The second kappa shape index (κ2) is 8.76. The number of fused-ring (bicyclic) bond motifs is 1. The van der Waals surface area contributed by atoms with Crippen molar-refractivity contribution in [3.05, 3.63) is 71.8 Å². The number of aliphatic hydroxyl groups is 1. The summed E-state index contributed by atoms with van der Waals surface area (Å²) >= 11 is 0. The molecule has 5 atom stereocenters.